The van der Waals surface area contributed by atoms with Gasteiger partial charge in [-0.1, -0.05) is 5.16 Å². The van der Waals surface area contributed by atoms with Gasteiger partial charge in [0.1, 0.15) is 30.8 Å². The molecule has 0 saturated carbocycles. The Balaban J connectivity index is 1.51. The van der Waals surface area contributed by atoms with Gasteiger partial charge < -0.3 is 19.3 Å². The lowest BCUT2D eigenvalue weighted by molar-refractivity contribution is -0.150. The average molecular weight is 363 g/mol. The van der Waals surface area contributed by atoms with Crippen molar-refractivity contribution in [2.24, 2.45) is 5.16 Å². The molecule has 2 amide bonds. The van der Waals surface area contributed by atoms with E-state index in [1.54, 1.807) is 12.1 Å². The summed E-state index contributed by atoms with van der Waals surface area (Å²) in [4.78, 5) is 42.8. The van der Waals surface area contributed by atoms with E-state index < -0.39 is 17.9 Å². The fourth-order valence-corrected chi connectivity index (χ4v) is 4.24. The summed E-state index contributed by atoms with van der Waals surface area (Å²) in [6.45, 7) is 0.220. The molecule has 4 rings (SSSR count). The van der Waals surface area contributed by atoms with Gasteiger partial charge in [-0.05, 0) is 12.1 Å². The number of rotatable bonds is 4. The highest BCUT2D eigenvalue weighted by molar-refractivity contribution is 8.00. The number of carbonyl (C=O) groups excluding carboxylic acids is 3. The minimum absolute atomic E-state index is 0.0697. The summed E-state index contributed by atoms with van der Waals surface area (Å²) < 4.78 is 10.1. The molecule has 0 aromatic carbocycles. The maximum atomic E-state index is 12.5. The van der Waals surface area contributed by atoms with E-state index >= 15 is 0 Å². The highest BCUT2D eigenvalue weighted by Crippen LogP contribution is 2.42. The molecule has 1 saturated heterocycles. The number of fused-ring (bicyclic) bond motifs is 2. The van der Waals surface area contributed by atoms with Gasteiger partial charge in [0.25, 0.3) is 11.8 Å². The summed E-state index contributed by atoms with van der Waals surface area (Å²) in [5.41, 5.74) is 1.05. The zero-order valence-corrected chi connectivity index (χ0v) is 13.9. The van der Waals surface area contributed by atoms with Crippen LogP contribution in [0.1, 0.15) is 5.76 Å². The monoisotopic (exact) mass is 363 g/mol. The summed E-state index contributed by atoms with van der Waals surface area (Å²) in [7, 11) is 1.31. The van der Waals surface area contributed by atoms with Crippen LogP contribution in [0, 0.1) is 0 Å². The highest BCUT2D eigenvalue weighted by Gasteiger charge is 2.55. The van der Waals surface area contributed by atoms with Crippen LogP contribution in [0.25, 0.3) is 0 Å². The highest BCUT2D eigenvalue weighted by atomic mass is 32.2. The molecule has 0 spiro atoms. The molecule has 2 atom stereocenters. The molecule has 0 bridgehead atoms. The smallest absolute Gasteiger partial charge is 0.355 e. The van der Waals surface area contributed by atoms with E-state index in [4.69, 9.17) is 9.15 Å². The van der Waals surface area contributed by atoms with Crippen LogP contribution in [-0.2, 0) is 24.0 Å². The van der Waals surface area contributed by atoms with Crippen molar-refractivity contribution in [1.82, 2.24) is 10.2 Å². The molecule has 3 aliphatic heterocycles. The van der Waals surface area contributed by atoms with E-state index in [0.29, 0.717) is 11.4 Å². The normalized spacial score (nSPS) is 25.2. The maximum absolute atomic E-state index is 12.5. The van der Waals surface area contributed by atoms with Crippen molar-refractivity contribution in [2.75, 3.05) is 19.5 Å². The summed E-state index contributed by atoms with van der Waals surface area (Å²) in [6, 6.07) is 2.42. The third-order valence-corrected chi connectivity index (χ3v) is 5.40. The van der Waals surface area contributed by atoms with Crippen LogP contribution >= 0.6 is 11.8 Å². The van der Waals surface area contributed by atoms with E-state index in [-0.39, 0.29) is 29.4 Å². The Kier molecular flexibility index (Phi) is 3.75. The molecular weight excluding hydrogens is 350 g/mol. The Morgan fingerprint density at radius 1 is 1.48 bits per heavy atom. The topological polar surface area (TPSA) is 110 Å². The number of hydrogen-bond acceptors (Lipinski definition) is 8. The molecule has 3 aliphatic rings. The van der Waals surface area contributed by atoms with Crippen molar-refractivity contribution in [1.29, 1.82) is 0 Å². The predicted octanol–water partition coefficient (Wildman–Crippen LogP) is -0.159. The molecule has 0 radical (unpaired) electrons. The van der Waals surface area contributed by atoms with Crippen LogP contribution in [-0.4, -0.2) is 59.3 Å². The van der Waals surface area contributed by atoms with Crippen molar-refractivity contribution < 1.29 is 28.4 Å². The van der Waals surface area contributed by atoms with E-state index in [2.05, 4.69) is 15.3 Å². The lowest BCUT2D eigenvalue weighted by Gasteiger charge is -2.48. The molecule has 25 heavy (non-hydrogen) atoms. The third kappa shape index (κ3) is 2.40. The standard InChI is InChI=1S/C15H13N3O6S/c1-22-17-9(8-3-2-4-23-8)12(19)16-10-13(20)18-11-7(5-24-15(11)21)6-25-14(10)18/h2-4,10,14H,5-6H2,1H3,(H,16,19)/b17-9-/t10-,14-/m1/s1. The first-order valence-corrected chi connectivity index (χ1v) is 8.46. The summed E-state index contributed by atoms with van der Waals surface area (Å²) in [6.07, 6.45) is 1.40. The van der Waals surface area contributed by atoms with Crippen LogP contribution < -0.4 is 5.32 Å². The number of thioether (sulfide) groups is 1. The number of nitrogens with zero attached hydrogens (tertiary/aromatic N) is 2. The Bertz CT molecular complexity index is 815. The minimum Gasteiger partial charge on any atom is -0.462 e. The number of furan rings is 1. The van der Waals surface area contributed by atoms with Crippen molar-refractivity contribution in [3.8, 4) is 0 Å². The molecule has 1 fully saturated rings. The lowest BCUT2D eigenvalue weighted by atomic mass is 10.0. The molecular formula is C15H13N3O6S. The van der Waals surface area contributed by atoms with Gasteiger partial charge in [-0.15, -0.1) is 11.8 Å². The fraction of sp³-hybridized carbons (Fsp3) is 0.333. The molecule has 9 nitrogen and oxygen atoms in total. The quantitative estimate of drug-likeness (QED) is 0.342. The molecule has 1 aromatic heterocycles. The van der Waals surface area contributed by atoms with Gasteiger partial charge in [-0.25, -0.2) is 4.79 Å². The Morgan fingerprint density at radius 3 is 3.04 bits per heavy atom. The molecule has 1 N–H and O–H groups in total. The van der Waals surface area contributed by atoms with E-state index in [1.807, 2.05) is 0 Å². The first-order chi connectivity index (χ1) is 12.1. The number of carbonyl (C=O) groups is 3. The van der Waals surface area contributed by atoms with E-state index in [0.717, 1.165) is 5.57 Å². The number of esters is 1. The van der Waals surface area contributed by atoms with Crippen LogP contribution in [0.2, 0.25) is 0 Å². The second-order valence-electron chi connectivity index (χ2n) is 5.49. The molecule has 10 heteroatoms. The van der Waals surface area contributed by atoms with Crippen molar-refractivity contribution in [3.05, 3.63) is 35.4 Å². The number of oxime groups is 1. The van der Waals surface area contributed by atoms with Gasteiger partial charge in [0.2, 0.25) is 5.71 Å². The van der Waals surface area contributed by atoms with Gasteiger partial charge in [0.05, 0.1) is 6.26 Å². The second-order valence-corrected chi connectivity index (χ2v) is 6.59. The molecule has 1 aromatic rings. The van der Waals surface area contributed by atoms with Crippen molar-refractivity contribution in [3.63, 3.8) is 0 Å². The van der Waals surface area contributed by atoms with Gasteiger partial charge in [0.15, 0.2) is 5.76 Å². The van der Waals surface area contributed by atoms with Gasteiger partial charge >= 0.3 is 5.97 Å². The lowest BCUT2D eigenvalue weighted by Crippen LogP contribution is -2.70. The molecule has 0 aliphatic carbocycles. The number of amides is 2. The molecule has 0 unspecified atom stereocenters. The van der Waals surface area contributed by atoms with E-state index in [1.165, 1.54) is 30.0 Å². The first kappa shape index (κ1) is 15.8. The van der Waals surface area contributed by atoms with Crippen LogP contribution in [0.15, 0.2) is 39.2 Å². The Morgan fingerprint density at radius 2 is 2.32 bits per heavy atom. The van der Waals surface area contributed by atoms with E-state index in [9.17, 15) is 14.4 Å². The van der Waals surface area contributed by atoms with Crippen LogP contribution in [0.3, 0.4) is 0 Å². The Labute approximate surface area is 146 Å². The predicted molar refractivity (Wildman–Crippen MR) is 85.3 cm³/mol. The van der Waals surface area contributed by atoms with Crippen LogP contribution in [0.4, 0.5) is 0 Å². The van der Waals surface area contributed by atoms with Crippen molar-refractivity contribution in [2.45, 2.75) is 11.4 Å². The summed E-state index contributed by atoms with van der Waals surface area (Å²) in [5.74, 6) is -0.629. The van der Waals surface area contributed by atoms with Gasteiger partial charge in [-0.2, -0.15) is 0 Å². The number of hydrogen-bond donors (Lipinski definition) is 1. The summed E-state index contributed by atoms with van der Waals surface area (Å²) >= 11 is 1.47. The zero-order valence-electron chi connectivity index (χ0n) is 13.1. The van der Waals surface area contributed by atoms with Crippen LogP contribution in [0.5, 0.6) is 0 Å². The molecule has 4 heterocycles. The average Bonchev–Trinajstić information content (AvgIpc) is 3.26. The SMILES string of the molecule is CO/N=C(\C(=O)N[C@@H]1C(=O)N2C3=C(COC3=O)CS[C@H]12)c1ccco1. The van der Waals surface area contributed by atoms with Gasteiger partial charge in [-0.3, -0.25) is 14.5 Å². The molecule has 130 valence electrons. The number of β-lactam (4-membered cyclic amide) rings is 1. The van der Waals surface area contributed by atoms with Crippen molar-refractivity contribution >= 4 is 35.3 Å². The Hall–Kier alpha value is -2.75. The first-order valence-electron chi connectivity index (χ1n) is 7.41. The largest absolute Gasteiger partial charge is 0.462 e. The zero-order chi connectivity index (χ0) is 17.6. The second kappa shape index (κ2) is 5.96. The number of nitrogens with one attached hydrogen (secondary N) is 1. The van der Waals surface area contributed by atoms with Gasteiger partial charge in [0, 0.05) is 11.3 Å². The minimum atomic E-state index is -0.753. The number of cyclic esters (lactones) is 1. The summed E-state index contributed by atoms with van der Waals surface area (Å²) in [5, 5.41) is 5.96. The third-order valence-electron chi connectivity index (χ3n) is 4.06. The maximum Gasteiger partial charge on any atom is 0.355 e. The fourth-order valence-electron chi connectivity index (χ4n) is 2.92. The number of ether oxygens (including phenoxy) is 1.